The maximum Gasteiger partial charge on any atom is 0.400 e. The lowest BCUT2D eigenvalue weighted by Crippen LogP contribution is -2.42. The molecular formula is C29H33F7O3. The van der Waals surface area contributed by atoms with Gasteiger partial charge in [-0.2, -0.15) is 17.6 Å². The van der Waals surface area contributed by atoms with Gasteiger partial charge in [0.15, 0.2) is 17.5 Å². The van der Waals surface area contributed by atoms with Crippen LogP contribution in [0.15, 0.2) is 36.4 Å². The molecule has 2 aliphatic carbocycles. The molecule has 0 unspecified atom stereocenters. The van der Waals surface area contributed by atoms with E-state index >= 15 is 8.78 Å². The summed E-state index contributed by atoms with van der Waals surface area (Å²) in [5.74, 6) is -8.05. The third kappa shape index (κ3) is 7.45. The molecule has 4 rings (SSSR count). The number of benzene rings is 2. The first-order valence-corrected chi connectivity index (χ1v) is 13.4. The molecule has 0 heterocycles. The molecule has 0 aliphatic heterocycles. The fraction of sp³-hybridized carbons (Fsp3) is 0.586. The molecule has 2 fully saturated rings. The molecule has 2 aliphatic rings. The number of hydrogen-bond acceptors (Lipinski definition) is 3. The highest BCUT2D eigenvalue weighted by Crippen LogP contribution is 2.46. The van der Waals surface area contributed by atoms with Crippen LogP contribution in [0, 0.1) is 29.3 Å². The predicted octanol–water partition coefficient (Wildman–Crippen LogP) is 8.75. The van der Waals surface area contributed by atoms with Gasteiger partial charge in [-0.05, 0) is 75.3 Å². The van der Waals surface area contributed by atoms with Gasteiger partial charge in [0.2, 0.25) is 0 Å². The van der Waals surface area contributed by atoms with Crippen LogP contribution in [-0.4, -0.2) is 24.9 Å². The summed E-state index contributed by atoms with van der Waals surface area (Å²) in [6.45, 7) is 3.09. The van der Waals surface area contributed by atoms with Crippen molar-refractivity contribution in [2.75, 3.05) is 6.61 Å². The summed E-state index contributed by atoms with van der Waals surface area (Å²) in [5.41, 5.74) is 2.18. The monoisotopic (exact) mass is 562 g/mol. The Hall–Kier alpha value is -2.33. The van der Waals surface area contributed by atoms with E-state index in [1.165, 1.54) is 0 Å². The van der Waals surface area contributed by atoms with Gasteiger partial charge in [-0.3, -0.25) is 0 Å². The molecule has 0 aromatic heterocycles. The minimum atomic E-state index is -3.82. The SMILES string of the molecule is CCOCc1ccc(C2CCC(C(F)(F)OC3CCC(C(F)(F)Oc4cc(F)c(F)c(F)c4)CC3)CC2)cc1. The smallest absolute Gasteiger partial charge is 0.400 e. The minimum Gasteiger partial charge on any atom is -0.432 e. The lowest BCUT2D eigenvalue weighted by atomic mass is 9.78. The van der Waals surface area contributed by atoms with Gasteiger partial charge in [0.25, 0.3) is 0 Å². The first-order valence-electron chi connectivity index (χ1n) is 13.4. The molecule has 0 N–H and O–H groups in total. The van der Waals surface area contributed by atoms with E-state index in [0.717, 1.165) is 11.1 Å². The van der Waals surface area contributed by atoms with Crippen LogP contribution >= 0.6 is 0 Å². The number of alkyl halides is 4. The van der Waals surface area contributed by atoms with E-state index < -0.39 is 53.4 Å². The summed E-state index contributed by atoms with van der Waals surface area (Å²) < 4.78 is 114. The Morgan fingerprint density at radius 3 is 1.85 bits per heavy atom. The van der Waals surface area contributed by atoms with Gasteiger partial charge in [-0.15, -0.1) is 0 Å². The highest BCUT2D eigenvalue weighted by Gasteiger charge is 2.48. The van der Waals surface area contributed by atoms with Crippen molar-refractivity contribution < 1.29 is 44.9 Å². The lowest BCUT2D eigenvalue weighted by Gasteiger charge is -2.38. The Balaban J connectivity index is 1.25. The van der Waals surface area contributed by atoms with Gasteiger partial charge in [0.1, 0.15) is 5.75 Å². The third-order valence-corrected chi connectivity index (χ3v) is 7.81. The van der Waals surface area contributed by atoms with Crippen molar-refractivity contribution in [2.45, 2.75) is 89.1 Å². The zero-order valence-corrected chi connectivity index (χ0v) is 21.7. The molecule has 2 aromatic carbocycles. The molecule has 216 valence electrons. The summed E-state index contributed by atoms with van der Waals surface area (Å²) >= 11 is 0. The molecule has 0 amide bonds. The van der Waals surface area contributed by atoms with Crippen molar-refractivity contribution in [2.24, 2.45) is 11.8 Å². The van der Waals surface area contributed by atoms with E-state index in [9.17, 15) is 22.0 Å². The molecule has 39 heavy (non-hydrogen) atoms. The summed E-state index contributed by atoms with van der Waals surface area (Å²) in [4.78, 5) is 0. The molecule has 0 bridgehead atoms. The van der Waals surface area contributed by atoms with Crippen LogP contribution in [0.2, 0.25) is 0 Å². The van der Waals surface area contributed by atoms with Gasteiger partial charge < -0.3 is 14.2 Å². The standard InChI is InChI=1S/C29H33F7O3/c1-2-37-17-18-3-5-19(6-4-18)20-7-9-21(10-8-20)28(33,34)38-23-13-11-22(12-14-23)29(35,36)39-24-15-25(30)27(32)26(31)16-24/h3-6,15-16,20-23H,2,7-14,17H2,1H3. The first-order chi connectivity index (χ1) is 18.5. The van der Waals surface area contributed by atoms with E-state index in [1.54, 1.807) is 0 Å². The van der Waals surface area contributed by atoms with E-state index in [-0.39, 0.29) is 31.6 Å². The molecule has 0 spiro atoms. The third-order valence-electron chi connectivity index (χ3n) is 7.81. The maximum absolute atomic E-state index is 15.0. The molecule has 10 heteroatoms. The Kier molecular flexibility index (Phi) is 9.47. The second-order valence-corrected chi connectivity index (χ2v) is 10.4. The van der Waals surface area contributed by atoms with Crippen LogP contribution in [0.5, 0.6) is 5.75 Å². The molecule has 2 saturated carbocycles. The lowest BCUT2D eigenvalue weighted by molar-refractivity contribution is -0.305. The van der Waals surface area contributed by atoms with Crippen molar-refractivity contribution in [3.05, 3.63) is 65.0 Å². The van der Waals surface area contributed by atoms with Crippen molar-refractivity contribution >= 4 is 0 Å². The van der Waals surface area contributed by atoms with E-state index in [2.05, 4.69) is 4.74 Å². The number of ether oxygens (including phenoxy) is 3. The second-order valence-electron chi connectivity index (χ2n) is 10.4. The topological polar surface area (TPSA) is 27.7 Å². The minimum absolute atomic E-state index is 0.0330. The van der Waals surface area contributed by atoms with Crippen LogP contribution in [0.4, 0.5) is 30.7 Å². The fourth-order valence-corrected chi connectivity index (χ4v) is 5.54. The molecular weight excluding hydrogens is 529 g/mol. The maximum atomic E-state index is 15.0. The molecule has 3 nitrogen and oxygen atoms in total. The predicted molar refractivity (Wildman–Crippen MR) is 130 cm³/mol. The van der Waals surface area contributed by atoms with E-state index in [1.807, 2.05) is 31.2 Å². The van der Waals surface area contributed by atoms with Crippen molar-refractivity contribution in [1.82, 2.24) is 0 Å². The average Bonchev–Trinajstić information content (AvgIpc) is 2.91. The van der Waals surface area contributed by atoms with E-state index in [0.29, 0.717) is 51.0 Å². The summed E-state index contributed by atoms with van der Waals surface area (Å²) in [6.07, 6.45) is -6.68. The van der Waals surface area contributed by atoms with E-state index in [4.69, 9.17) is 9.47 Å². The van der Waals surface area contributed by atoms with Gasteiger partial charge in [0.05, 0.1) is 24.5 Å². The summed E-state index contributed by atoms with van der Waals surface area (Å²) in [5, 5.41) is 0. The van der Waals surface area contributed by atoms with Crippen molar-refractivity contribution in [3.63, 3.8) is 0 Å². The highest BCUT2D eigenvalue weighted by molar-refractivity contribution is 5.26. The Bertz CT molecular complexity index is 1050. The largest absolute Gasteiger partial charge is 0.432 e. The van der Waals surface area contributed by atoms with Gasteiger partial charge in [0, 0.05) is 18.7 Å². The molecule has 2 aromatic rings. The van der Waals surface area contributed by atoms with Gasteiger partial charge in [-0.1, -0.05) is 24.3 Å². The van der Waals surface area contributed by atoms with Crippen LogP contribution in [0.3, 0.4) is 0 Å². The molecule has 0 saturated heterocycles. The van der Waals surface area contributed by atoms with Crippen molar-refractivity contribution in [3.8, 4) is 5.75 Å². The van der Waals surface area contributed by atoms with Crippen LogP contribution in [-0.2, 0) is 16.1 Å². The number of halogens is 7. The van der Waals surface area contributed by atoms with Gasteiger partial charge >= 0.3 is 12.2 Å². The normalized spacial score (nSPS) is 24.5. The number of hydrogen-bond donors (Lipinski definition) is 0. The van der Waals surface area contributed by atoms with Crippen LogP contribution in [0.25, 0.3) is 0 Å². The van der Waals surface area contributed by atoms with Crippen LogP contribution < -0.4 is 4.74 Å². The number of rotatable bonds is 10. The second kappa shape index (κ2) is 12.5. The van der Waals surface area contributed by atoms with Crippen molar-refractivity contribution in [1.29, 1.82) is 0 Å². The summed E-state index contributed by atoms with van der Waals surface area (Å²) in [7, 11) is 0. The average molecular weight is 563 g/mol. The van der Waals surface area contributed by atoms with Gasteiger partial charge in [-0.25, -0.2) is 13.2 Å². The fourth-order valence-electron chi connectivity index (χ4n) is 5.54. The zero-order chi connectivity index (χ0) is 28.2. The summed E-state index contributed by atoms with van der Waals surface area (Å²) in [6, 6.07) is 8.72. The highest BCUT2D eigenvalue weighted by atomic mass is 19.3. The first kappa shape index (κ1) is 29.6. The Morgan fingerprint density at radius 2 is 1.28 bits per heavy atom. The molecule has 0 radical (unpaired) electrons. The Labute approximate surface area is 223 Å². The van der Waals surface area contributed by atoms with Crippen LogP contribution in [0.1, 0.15) is 75.3 Å². The zero-order valence-electron chi connectivity index (χ0n) is 21.7. The molecule has 0 atom stereocenters. The Morgan fingerprint density at radius 1 is 0.744 bits per heavy atom. The quantitative estimate of drug-likeness (QED) is 0.214.